The van der Waals surface area contributed by atoms with Crippen LogP contribution in [0, 0.1) is 12.7 Å². The number of nitrogens with one attached hydrogen (secondary N) is 2. The highest BCUT2D eigenvalue weighted by molar-refractivity contribution is 9.10. The molecule has 9 heteroatoms. The van der Waals surface area contributed by atoms with Gasteiger partial charge in [0.2, 0.25) is 0 Å². The van der Waals surface area contributed by atoms with Gasteiger partial charge in [0.1, 0.15) is 23.5 Å². The highest BCUT2D eigenvalue weighted by Gasteiger charge is 2.30. The molecule has 0 aliphatic carbocycles. The van der Waals surface area contributed by atoms with Crippen molar-refractivity contribution in [1.29, 1.82) is 0 Å². The van der Waals surface area contributed by atoms with Crippen molar-refractivity contribution in [1.82, 2.24) is 20.0 Å². The lowest BCUT2D eigenvalue weighted by molar-refractivity contribution is 0.226. The number of anilines is 2. The second-order valence-corrected chi connectivity index (χ2v) is 10.1. The van der Waals surface area contributed by atoms with Crippen molar-refractivity contribution in [3.05, 3.63) is 88.2 Å². The zero-order valence-corrected chi connectivity index (χ0v) is 22.2. The van der Waals surface area contributed by atoms with Crippen LogP contribution in [0.5, 0.6) is 0 Å². The molecule has 0 bridgehead atoms. The van der Waals surface area contributed by atoms with E-state index in [4.69, 9.17) is 0 Å². The van der Waals surface area contributed by atoms with Crippen LogP contribution in [-0.4, -0.2) is 40.2 Å². The molecule has 5 rings (SSSR count). The first-order chi connectivity index (χ1) is 17.4. The smallest absolute Gasteiger partial charge is 0.152 e. The third-order valence-electron chi connectivity index (χ3n) is 6.94. The second-order valence-electron chi connectivity index (χ2n) is 9.35. The molecule has 2 aliphatic heterocycles. The van der Waals surface area contributed by atoms with Crippen LogP contribution in [0.1, 0.15) is 35.8 Å². The van der Waals surface area contributed by atoms with Crippen molar-refractivity contribution >= 4 is 33.6 Å². The molecule has 1 saturated heterocycles. The molecule has 2 N–H and O–H groups in total. The number of piperidine rings is 1. The summed E-state index contributed by atoms with van der Waals surface area (Å²) in [4.78, 5) is 9.16. The number of benzene rings is 2. The van der Waals surface area contributed by atoms with E-state index in [0.29, 0.717) is 12.6 Å². The minimum atomic E-state index is -0.223. The average molecular weight is 552 g/mol. The molecule has 1 fully saturated rings. The standard InChI is InChI=1S/C27H31BrFN7/c1-18-7-4-5-10-23(18)36(16-20-8-6-9-21(29)15-20)19(2)35-13-11-22(12-14-35)32-27-25-24(30-17-31-27)26(28)33-34(25)3/h4-10,15,17,22,27,32H,2,11-14,16H2,1,3H3,(H,30,31). The van der Waals surface area contributed by atoms with Crippen molar-refractivity contribution in [2.75, 3.05) is 23.3 Å². The Morgan fingerprint density at radius 2 is 2.00 bits per heavy atom. The van der Waals surface area contributed by atoms with Crippen LogP contribution in [0.25, 0.3) is 0 Å². The Balaban J connectivity index is 1.28. The largest absolute Gasteiger partial charge is 0.358 e. The summed E-state index contributed by atoms with van der Waals surface area (Å²) >= 11 is 3.52. The molecule has 1 unspecified atom stereocenters. The van der Waals surface area contributed by atoms with Crippen molar-refractivity contribution in [3.8, 4) is 0 Å². The number of para-hydroxylation sites is 1. The highest BCUT2D eigenvalue weighted by Crippen LogP contribution is 2.34. The van der Waals surface area contributed by atoms with Crippen LogP contribution in [-0.2, 0) is 13.6 Å². The Labute approximate surface area is 219 Å². The Morgan fingerprint density at radius 3 is 2.75 bits per heavy atom. The third-order valence-corrected chi connectivity index (χ3v) is 7.50. The number of likely N-dealkylation sites (tertiary alicyclic amines) is 1. The van der Waals surface area contributed by atoms with Crippen molar-refractivity contribution in [2.45, 2.75) is 38.5 Å². The summed E-state index contributed by atoms with van der Waals surface area (Å²) < 4.78 is 16.6. The van der Waals surface area contributed by atoms with Gasteiger partial charge in [-0.15, -0.1) is 0 Å². The van der Waals surface area contributed by atoms with Crippen LogP contribution in [0.2, 0.25) is 0 Å². The normalized spacial score (nSPS) is 17.6. The first-order valence-corrected chi connectivity index (χ1v) is 13.0. The molecular formula is C27H31BrFN7. The van der Waals surface area contributed by atoms with Gasteiger partial charge in [-0.25, -0.2) is 4.39 Å². The van der Waals surface area contributed by atoms with Gasteiger partial charge in [0.05, 0.1) is 12.0 Å². The maximum atomic E-state index is 13.9. The molecule has 2 aliphatic rings. The molecule has 1 atom stereocenters. The summed E-state index contributed by atoms with van der Waals surface area (Å²) in [7, 11) is 1.94. The lowest BCUT2D eigenvalue weighted by atomic mass is 10.0. The molecule has 2 aromatic carbocycles. The topological polar surface area (TPSA) is 60.7 Å². The summed E-state index contributed by atoms with van der Waals surface area (Å²) in [6.45, 7) is 8.89. The van der Waals surface area contributed by atoms with Crippen molar-refractivity contribution < 1.29 is 4.39 Å². The Morgan fingerprint density at radius 1 is 1.22 bits per heavy atom. The van der Waals surface area contributed by atoms with Crippen LogP contribution >= 0.6 is 15.9 Å². The number of fused-ring (bicyclic) bond motifs is 1. The van der Waals surface area contributed by atoms with E-state index < -0.39 is 0 Å². The number of aryl methyl sites for hydroxylation is 2. The number of aliphatic imine (C=N–C) groups is 1. The van der Waals surface area contributed by atoms with E-state index in [1.165, 1.54) is 6.07 Å². The molecule has 0 amide bonds. The summed E-state index contributed by atoms with van der Waals surface area (Å²) in [6, 6.07) is 15.4. The number of halogens is 2. The molecule has 36 heavy (non-hydrogen) atoms. The fourth-order valence-corrected chi connectivity index (χ4v) is 5.57. The molecule has 0 saturated carbocycles. The number of nitrogens with zero attached hydrogens (tertiary/aromatic N) is 5. The van der Waals surface area contributed by atoms with Gasteiger partial charge in [-0.05, 0) is 65.0 Å². The average Bonchev–Trinajstić information content (AvgIpc) is 3.17. The van der Waals surface area contributed by atoms with Gasteiger partial charge < -0.3 is 15.1 Å². The highest BCUT2D eigenvalue weighted by atomic mass is 79.9. The number of rotatable bonds is 7. The molecule has 0 radical (unpaired) electrons. The predicted molar refractivity (Wildman–Crippen MR) is 146 cm³/mol. The summed E-state index contributed by atoms with van der Waals surface area (Å²) in [6.07, 6.45) is 3.53. The maximum absolute atomic E-state index is 13.9. The maximum Gasteiger partial charge on any atom is 0.152 e. The Kier molecular flexibility index (Phi) is 7.11. The van der Waals surface area contributed by atoms with Crippen LogP contribution in [0.4, 0.5) is 15.8 Å². The summed E-state index contributed by atoms with van der Waals surface area (Å²) in [5, 5.41) is 11.4. The van der Waals surface area contributed by atoms with E-state index in [-0.39, 0.29) is 12.0 Å². The van der Waals surface area contributed by atoms with E-state index in [2.05, 4.69) is 72.1 Å². The van der Waals surface area contributed by atoms with E-state index in [9.17, 15) is 4.39 Å². The fourth-order valence-electron chi connectivity index (χ4n) is 5.02. The summed E-state index contributed by atoms with van der Waals surface area (Å²) in [5.41, 5.74) is 5.15. The quantitative estimate of drug-likeness (QED) is 0.416. The van der Waals surface area contributed by atoms with Crippen LogP contribution in [0.3, 0.4) is 0 Å². The van der Waals surface area contributed by atoms with Gasteiger partial charge >= 0.3 is 0 Å². The zero-order valence-electron chi connectivity index (χ0n) is 20.6. The molecule has 3 heterocycles. The Hall–Kier alpha value is -3.17. The first-order valence-electron chi connectivity index (χ1n) is 12.2. The van der Waals surface area contributed by atoms with E-state index in [0.717, 1.165) is 64.6 Å². The molecule has 1 aromatic heterocycles. The minimum Gasteiger partial charge on any atom is -0.358 e. The molecule has 0 spiro atoms. The first kappa shape index (κ1) is 24.5. The lowest BCUT2D eigenvalue weighted by Crippen LogP contribution is -2.46. The van der Waals surface area contributed by atoms with Crippen molar-refractivity contribution in [3.63, 3.8) is 0 Å². The third kappa shape index (κ3) is 5.03. The molecule has 3 aromatic rings. The van der Waals surface area contributed by atoms with E-state index in [1.54, 1.807) is 18.5 Å². The number of aromatic nitrogens is 2. The van der Waals surface area contributed by atoms with Crippen LogP contribution in [0.15, 0.2) is 70.5 Å². The Bertz CT molecular complexity index is 1280. The van der Waals surface area contributed by atoms with E-state index in [1.807, 2.05) is 29.9 Å². The van der Waals surface area contributed by atoms with Gasteiger partial charge in [0.25, 0.3) is 0 Å². The van der Waals surface area contributed by atoms with Gasteiger partial charge in [-0.1, -0.05) is 36.9 Å². The zero-order chi connectivity index (χ0) is 25.2. The molecule has 7 nitrogen and oxygen atoms in total. The molecule has 188 valence electrons. The van der Waals surface area contributed by atoms with Gasteiger partial charge in [-0.2, -0.15) is 5.10 Å². The van der Waals surface area contributed by atoms with Gasteiger partial charge in [0, 0.05) is 38.4 Å². The predicted octanol–water partition coefficient (Wildman–Crippen LogP) is 5.31. The SMILES string of the molecule is C=C(N1CCC(NC2N=CNc3c(Br)nn(C)c32)CC1)N(Cc1cccc(F)c1)c1ccccc1C. The number of hydrogen-bond donors (Lipinski definition) is 2. The molecular weight excluding hydrogens is 521 g/mol. The monoisotopic (exact) mass is 551 g/mol. The fraction of sp³-hybridized carbons (Fsp3) is 0.333. The number of hydrogen-bond acceptors (Lipinski definition) is 6. The summed E-state index contributed by atoms with van der Waals surface area (Å²) in [5.74, 6) is 0.712. The van der Waals surface area contributed by atoms with E-state index >= 15 is 0 Å². The van der Waals surface area contributed by atoms with Crippen LogP contribution < -0.4 is 15.5 Å². The second kappa shape index (κ2) is 10.4. The van der Waals surface area contributed by atoms with Gasteiger partial charge in [0.15, 0.2) is 4.60 Å². The van der Waals surface area contributed by atoms with Gasteiger partial charge in [-0.3, -0.25) is 15.0 Å². The van der Waals surface area contributed by atoms with Crippen molar-refractivity contribution in [2.24, 2.45) is 12.0 Å². The minimum absolute atomic E-state index is 0.138. The lowest BCUT2D eigenvalue weighted by Gasteiger charge is -2.41.